The van der Waals surface area contributed by atoms with Crippen LogP contribution < -0.4 is 15.2 Å². The van der Waals surface area contributed by atoms with Crippen molar-refractivity contribution in [2.45, 2.75) is 36.4 Å². The average Bonchev–Trinajstić information content (AvgIpc) is 3.61. The Morgan fingerprint density at radius 3 is 2.57 bits per heavy atom. The van der Waals surface area contributed by atoms with E-state index in [1.807, 2.05) is 57.2 Å². The fourth-order valence-corrected chi connectivity index (χ4v) is 7.90. The third-order valence-electron chi connectivity index (χ3n) is 7.90. The molecule has 2 aliphatic rings. The summed E-state index contributed by atoms with van der Waals surface area (Å²) in [4.78, 5) is 46.2. The van der Waals surface area contributed by atoms with Crippen LogP contribution in [0.5, 0.6) is 0 Å². The van der Waals surface area contributed by atoms with E-state index in [9.17, 15) is 14.4 Å². The van der Waals surface area contributed by atoms with Crippen molar-refractivity contribution in [1.29, 1.82) is 0 Å². The lowest BCUT2D eigenvalue weighted by Crippen LogP contribution is -2.53. The van der Waals surface area contributed by atoms with E-state index < -0.39 is 22.8 Å². The number of fused-ring (bicyclic) bond motifs is 5. The fourth-order valence-electron chi connectivity index (χ4n) is 5.86. The number of thioether (sulfide) groups is 1. The molecular formula is C31H23ClN4O4S2. The minimum atomic E-state index is -1.78. The van der Waals surface area contributed by atoms with Crippen molar-refractivity contribution in [3.8, 4) is 0 Å². The van der Waals surface area contributed by atoms with Crippen LogP contribution in [0, 0.1) is 13.8 Å². The van der Waals surface area contributed by atoms with E-state index in [-0.39, 0.29) is 16.5 Å². The number of hydrogen-bond acceptors (Lipinski definition) is 8. The first kappa shape index (κ1) is 26.9. The summed E-state index contributed by atoms with van der Waals surface area (Å²) in [6.07, 6.45) is 0. The van der Waals surface area contributed by atoms with Crippen molar-refractivity contribution in [1.82, 2.24) is 10.2 Å². The lowest BCUT2D eigenvalue weighted by molar-refractivity contribution is -0.121. The maximum atomic E-state index is 14.6. The largest absolute Gasteiger partial charge is 0.450 e. The quantitative estimate of drug-likeness (QED) is 0.165. The van der Waals surface area contributed by atoms with E-state index in [1.54, 1.807) is 29.2 Å². The summed E-state index contributed by atoms with van der Waals surface area (Å²) < 4.78 is 6.81. The molecule has 2 aromatic heterocycles. The Kier molecular flexibility index (Phi) is 6.27. The lowest BCUT2D eigenvalue weighted by Gasteiger charge is -2.31. The summed E-state index contributed by atoms with van der Waals surface area (Å²) in [6.45, 7) is 6.04. The highest BCUT2D eigenvalue weighted by molar-refractivity contribution is 8.00. The summed E-state index contributed by atoms with van der Waals surface area (Å²) in [5.41, 5.74) is 2.13. The van der Waals surface area contributed by atoms with Gasteiger partial charge >= 0.3 is 0 Å². The van der Waals surface area contributed by atoms with Gasteiger partial charge in [0, 0.05) is 22.9 Å². The molecule has 0 N–H and O–H groups in total. The molecule has 5 aromatic rings. The summed E-state index contributed by atoms with van der Waals surface area (Å²) in [5.74, 6) is -0.576. The van der Waals surface area contributed by atoms with Crippen molar-refractivity contribution in [2.24, 2.45) is 0 Å². The Morgan fingerprint density at radius 2 is 1.79 bits per heavy atom. The first-order valence-electron chi connectivity index (χ1n) is 13.3. The van der Waals surface area contributed by atoms with Crippen LogP contribution in [-0.2, 0) is 16.1 Å². The number of likely N-dealkylation sites (N-methyl/N-ethyl adjacent to an activating group) is 1. The zero-order valence-corrected chi connectivity index (χ0v) is 25.2. The molecule has 2 aliphatic heterocycles. The topological polar surface area (TPSA) is 96.6 Å². The second-order valence-corrected chi connectivity index (χ2v) is 12.9. The van der Waals surface area contributed by atoms with Crippen LogP contribution in [0.2, 0.25) is 5.02 Å². The van der Waals surface area contributed by atoms with Gasteiger partial charge in [0.1, 0.15) is 5.58 Å². The number of para-hydroxylation sites is 1. The SMILES string of the molecule is CCN1C(=O)C2(c3ccccc31)c1c(oc3cc(C)c(C)cc3c1=O)C(=O)N2c1nnc(SCc2cccc(Cl)c2)s1. The van der Waals surface area contributed by atoms with Gasteiger partial charge in [-0.3, -0.25) is 19.3 Å². The van der Waals surface area contributed by atoms with Gasteiger partial charge in [0.2, 0.25) is 10.9 Å². The van der Waals surface area contributed by atoms with Crippen LogP contribution in [0.4, 0.5) is 10.8 Å². The van der Waals surface area contributed by atoms with Crippen molar-refractivity contribution >= 4 is 68.3 Å². The molecule has 4 heterocycles. The molecular weight excluding hydrogens is 592 g/mol. The average molecular weight is 615 g/mol. The molecule has 42 heavy (non-hydrogen) atoms. The first-order chi connectivity index (χ1) is 20.2. The monoisotopic (exact) mass is 614 g/mol. The van der Waals surface area contributed by atoms with Gasteiger partial charge in [-0.2, -0.15) is 0 Å². The molecule has 210 valence electrons. The molecule has 1 spiro atoms. The zero-order chi connectivity index (χ0) is 29.3. The van der Waals surface area contributed by atoms with Crippen LogP contribution >= 0.6 is 34.7 Å². The Bertz CT molecular complexity index is 2020. The molecule has 1 unspecified atom stereocenters. The van der Waals surface area contributed by atoms with E-state index in [4.69, 9.17) is 16.0 Å². The van der Waals surface area contributed by atoms with Crippen LogP contribution in [0.15, 0.2) is 74.2 Å². The molecule has 11 heteroatoms. The number of carbonyl (C=O) groups excluding carboxylic acids is 2. The number of anilines is 2. The normalized spacial score (nSPS) is 17.5. The molecule has 7 rings (SSSR count). The number of nitrogens with zero attached hydrogens (tertiary/aromatic N) is 4. The van der Waals surface area contributed by atoms with Crippen molar-refractivity contribution < 1.29 is 14.0 Å². The number of carbonyl (C=O) groups is 2. The molecule has 2 amide bonds. The highest BCUT2D eigenvalue weighted by atomic mass is 35.5. The number of amides is 2. The molecule has 3 aromatic carbocycles. The second kappa shape index (κ2) is 9.79. The summed E-state index contributed by atoms with van der Waals surface area (Å²) >= 11 is 8.78. The van der Waals surface area contributed by atoms with Gasteiger partial charge in [0.15, 0.2) is 15.3 Å². The van der Waals surface area contributed by atoms with Gasteiger partial charge in [-0.25, -0.2) is 0 Å². The molecule has 0 bridgehead atoms. The van der Waals surface area contributed by atoms with Gasteiger partial charge in [-0.15, -0.1) is 10.2 Å². The van der Waals surface area contributed by atoms with Crippen molar-refractivity contribution in [2.75, 3.05) is 16.3 Å². The Labute approximate surface area is 253 Å². The molecule has 8 nitrogen and oxygen atoms in total. The van der Waals surface area contributed by atoms with Crippen LogP contribution in [0.3, 0.4) is 0 Å². The smallest absolute Gasteiger partial charge is 0.297 e. The minimum Gasteiger partial charge on any atom is -0.450 e. The Balaban J connectivity index is 1.44. The highest BCUT2D eigenvalue weighted by Crippen LogP contribution is 2.54. The maximum Gasteiger partial charge on any atom is 0.297 e. The molecule has 1 atom stereocenters. The predicted molar refractivity (Wildman–Crippen MR) is 165 cm³/mol. The molecule has 0 fully saturated rings. The third kappa shape index (κ3) is 3.71. The van der Waals surface area contributed by atoms with Gasteiger partial charge in [-0.05, 0) is 67.8 Å². The molecule has 0 saturated heterocycles. The van der Waals surface area contributed by atoms with E-state index in [0.29, 0.717) is 43.9 Å². The first-order valence-corrected chi connectivity index (χ1v) is 15.5. The van der Waals surface area contributed by atoms with Crippen LogP contribution in [-0.4, -0.2) is 28.6 Å². The zero-order valence-electron chi connectivity index (χ0n) is 22.8. The van der Waals surface area contributed by atoms with E-state index in [2.05, 4.69) is 10.2 Å². The van der Waals surface area contributed by atoms with E-state index >= 15 is 0 Å². The van der Waals surface area contributed by atoms with E-state index in [0.717, 1.165) is 16.7 Å². The lowest BCUT2D eigenvalue weighted by atomic mass is 9.84. The number of aryl methyl sites for hydroxylation is 2. The molecule has 0 radical (unpaired) electrons. The summed E-state index contributed by atoms with van der Waals surface area (Å²) in [5, 5.41) is 9.89. The Hall–Kier alpha value is -3.99. The van der Waals surface area contributed by atoms with Gasteiger partial charge in [0.25, 0.3) is 11.8 Å². The minimum absolute atomic E-state index is 0.0139. The fraction of sp³-hybridized carbons (Fsp3) is 0.194. The molecule has 0 aliphatic carbocycles. The van der Waals surface area contributed by atoms with Gasteiger partial charge in [-0.1, -0.05) is 65.0 Å². The number of rotatable bonds is 5. The number of benzene rings is 3. The standard InChI is InChI=1S/C31H23ClN4O4S2/c1-4-35-22-11-6-5-10-21(22)31(28(35)39)24-25(37)20-12-16(2)17(3)13-23(20)40-26(24)27(38)36(31)29-33-34-30(42-29)41-15-18-8-7-9-19(32)14-18/h5-14H,4,15H2,1-3H3. The summed E-state index contributed by atoms with van der Waals surface area (Å²) in [6, 6.07) is 18.3. The number of aromatic nitrogens is 2. The predicted octanol–water partition coefficient (Wildman–Crippen LogP) is 6.48. The third-order valence-corrected chi connectivity index (χ3v) is 10.2. The van der Waals surface area contributed by atoms with Crippen LogP contribution in [0.25, 0.3) is 11.0 Å². The van der Waals surface area contributed by atoms with Crippen molar-refractivity contribution in [3.05, 3.63) is 109 Å². The molecule has 0 saturated carbocycles. The van der Waals surface area contributed by atoms with Gasteiger partial charge in [0.05, 0.1) is 16.6 Å². The maximum absolute atomic E-state index is 14.6. The van der Waals surface area contributed by atoms with Gasteiger partial charge < -0.3 is 9.32 Å². The Morgan fingerprint density at radius 1 is 1.00 bits per heavy atom. The number of hydrogen-bond donors (Lipinski definition) is 0. The highest BCUT2D eigenvalue weighted by Gasteiger charge is 2.66. The van der Waals surface area contributed by atoms with Crippen LogP contribution in [0.1, 0.15) is 45.3 Å². The number of halogens is 1. The van der Waals surface area contributed by atoms with Crippen molar-refractivity contribution in [3.63, 3.8) is 0 Å². The summed E-state index contributed by atoms with van der Waals surface area (Å²) in [7, 11) is 0. The second-order valence-electron chi connectivity index (χ2n) is 10.3. The van der Waals surface area contributed by atoms with E-state index in [1.165, 1.54) is 28.0 Å².